The van der Waals surface area contributed by atoms with Crippen LogP contribution in [0.25, 0.3) is 0 Å². The Kier molecular flexibility index (Phi) is 4.49. The molecule has 4 nitrogen and oxygen atoms in total. The first-order valence-electron chi connectivity index (χ1n) is 6.01. The zero-order valence-electron chi connectivity index (χ0n) is 10.6. The molecule has 1 unspecified atom stereocenters. The van der Waals surface area contributed by atoms with Crippen LogP contribution in [0, 0.1) is 0 Å². The zero-order valence-corrected chi connectivity index (χ0v) is 13.9. The van der Waals surface area contributed by atoms with E-state index < -0.39 is 10.0 Å². The van der Waals surface area contributed by atoms with Crippen molar-refractivity contribution in [2.45, 2.75) is 29.4 Å². The van der Waals surface area contributed by atoms with Crippen molar-refractivity contribution >= 4 is 43.4 Å². The van der Waals surface area contributed by atoms with Crippen molar-refractivity contribution in [3.05, 3.63) is 22.7 Å². The third-order valence-corrected chi connectivity index (χ3v) is 6.87. The molecule has 1 aliphatic rings. The highest BCUT2D eigenvalue weighted by Crippen LogP contribution is 2.37. The minimum Gasteiger partial charge on any atom is -0.398 e. The van der Waals surface area contributed by atoms with E-state index in [4.69, 9.17) is 5.73 Å². The van der Waals surface area contributed by atoms with Gasteiger partial charge in [-0.15, -0.1) is 0 Å². The lowest BCUT2D eigenvalue weighted by Gasteiger charge is -2.22. The van der Waals surface area contributed by atoms with E-state index in [0.717, 1.165) is 18.6 Å². The summed E-state index contributed by atoms with van der Waals surface area (Å²) in [5.41, 5.74) is 6.14. The third kappa shape index (κ3) is 3.65. The number of nitrogens with two attached hydrogens (primary N) is 1. The second kappa shape index (κ2) is 5.63. The minimum atomic E-state index is -3.49. The van der Waals surface area contributed by atoms with E-state index in [1.54, 1.807) is 12.1 Å². The first-order chi connectivity index (χ1) is 8.82. The maximum absolute atomic E-state index is 12.2. The van der Waals surface area contributed by atoms with Gasteiger partial charge in [-0.25, -0.2) is 13.1 Å². The second-order valence-electron chi connectivity index (χ2n) is 4.91. The van der Waals surface area contributed by atoms with E-state index >= 15 is 0 Å². The minimum absolute atomic E-state index is 0.00792. The smallest absolute Gasteiger partial charge is 0.240 e. The number of rotatable bonds is 4. The lowest BCUT2D eigenvalue weighted by Crippen LogP contribution is -2.36. The molecule has 0 amide bonds. The van der Waals surface area contributed by atoms with E-state index in [-0.39, 0.29) is 9.64 Å². The van der Waals surface area contributed by atoms with Crippen molar-refractivity contribution in [2.24, 2.45) is 0 Å². The molecular weight excluding hydrogens is 348 g/mol. The van der Waals surface area contributed by atoms with Gasteiger partial charge in [-0.05, 0) is 59.6 Å². The quantitative estimate of drug-likeness (QED) is 0.805. The molecule has 1 heterocycles. The number of hydrogen-bond donors (Lipinski definition) is 2. The molecule has 1 atom stereocenters. The predicted molar refractivity (Wildman–Crippen MR) is 83.8 cm³/mol. The molecular formula is C12H17BrN2O2S2. The van der Waals surface area contributed by atoms with Gasteiger partial charge in [0.25, 0.3) is 0 Å². The van der Waals surface area contributed by atoms with E-state index in [9.17, 15) is 8.42 Å². The summed E-state index contributed by atoms with van der Waals surface area (Å²) in [6.45, 7) is 2.55. The Labute approximate surface area is 126 Å². The van der Waals surface area contributed by atoms with Crippen LogP contribution in [0.3, 0.4) is 0 Å². The van der Waals surface area contributed by atoms with Crippen LogP contribution in [-0.4, -0.2) is 25.5 Å². The van der Waals surface area contributed by atoms with Gasteiger partial charge in [0.1, 0.15) is 0 Å². The molecule has 3 N–H and O–H groups in total. The summed E-state index contributed by atoms with van der Waals surface area (Å²) in [7, 11) is -3.49. The van der Waals surface area contributed by atoms with Crippen molar-refractivity contribution in [1.82, 2.24) is 4.72 Å². The molecule has 0 aromatic heterocycles. The molecule has 7 heteroatoms. The van der Waals surface area contributed by atoms with Gasteiger partial charge in [0.2, 0.25) is 10.0 Å². The predicted octanol–water partition coefficient (Wildman–Crippen LogP) is 2.60. The summed E-state index contributed by atoms with van der Waals surface area (Å²) in [5, 5.41) is 0. The van der Waals surface area contributed by atoms with Gasteiger partial charge in [0, 0.05) is 21.5 Å². The highest BCUT2D eigenvalue weighted by atomic mass is 79.9. The van der Waals surface area contributed by atoms with Crippen molar-refractivity contribution < 1.29 is 8.42 Å². The van der Waals surface area contributed by atoms with E-state index in [1.807, 2.05) is 11.8 Å². The van der Waals surface area contributed by atoms with Crippen LogP contribution >= 0.6 is 27.7 Å². The number of hydrogen-bond acceptors (Lipinski definition) is 4. The normalized spacial score (nSPS) is 23.7. The van der Waals surface area contributed by atoms with Crippen molar-refractivity contribution in [1.29, 1.82) is 0 Å². The average Bonchev–Trinajstić information content (AvgIpc) is 2.78. The number of anilines is 1. The first kappa shape index (κ1) is 15.2. The van der Waals surface area contributed by atoms with E-state index in [1.165, 1.54) is 6.07 Å². The summed E-state index contributed by atoms with van der Waals surface area (Å²) < 4.78 is 27.8. The van der Waals surface area contributed by atoms with Gasteiger partial charge in [0.05, 0.1) is 4.90 Å². The lowest BCUT2D eigenvalue weighted by atomic mass is 10.1. The summed E-state index contributed by atoms with van der Waals surface area (Å²) in [6.07, 6.45) is 2.19. The van der Waals surface area contributed by atoms with Crippen LogP contribution < -0.4 is 10.5 Å². The Morgan fingerprint density at radius 3 is 2.84 bits per heavy atom. The fourth-order valence-electron chi connectivity index (χ4n) is 2.00. The summed E-state index contributed by atoms with van der Waals surface area (Å²) in [4.78, 5) is 0.208. The standard InChI is InChI=1S/C12H17BrN2O2S2/c1-12(5-2-6-18-12)8-15-19(16,17)9-3-4-10(13)11(14)7-9/h3-4,7,15H,2,5-6,8,14H2,1H3. The van der Waals surface area contributed by atoms with Crippen molar-refractivity contribution in [2.75, 3.05) is 18.0 Å². The summed E-state index contributed by atoms with van der Waals surface area (Å²) in [5.74, 6) is 1.10. The molecule has 0 aliphatic carbocycles. The van der Waals surface area contributed by atoms with Gasteiger partial charge >= 0.3 is 0 Å². The fourth-order valence-corrected chi connectivity index (χ4v) is 4.78. The van der Waals surface area contributed by atoms with Gasteiger partial charge in [-0.1, -0.05) is 0 Å². The van der Waals surface area contributed by atoms with Crippen LogP contribution in [-0.2, 0) is 10.0 Å². The molecule has 106 valence electrons. The number of sulfonamides is 1. The Bertz CT molecular complexity index is 569. The number of halogens is 1. The van der Waals surface area contributed by atoms with Gasteiger partial charge in [0.15, 0.2) is 0 Å². The fraction of sp³-hybridized carbons (Fsp3) is 0.500. The van der Waals surface area contributed by atoms with Gasteiger partial charge in [-0.3, -0.25) is 0 Å². The molecule has 0 bridgehead atoms. The molecule has 1 aromatic rings. The van der Waals surface area contributed by atoms with E-state index in [0.29, 0.717) is 16.7 Å². The Balaban J connectivity index is 2.11. The van der Waals surface area contributed by atoms with Crippen LogP contribution in [0.1, 0.15) is 19.8 Å². The van der Waals surface area contributed by atoms with Crippen molar-refractivity contribution in [3.8, 4) is 0 Å². The molecule has 0 spiro atoms. The highest BCUT2D eigenvalue weighted by molar-refractivity contribution is 9.10. The molecule has 1 aromatic carbocycles. The average molecular weight is 365 g/mol. The SMILES string of the molecule is CC1(CNS(=O)(=O)c2ccc(Br)c(N)c2)CCCS1. The second-order valence-corrected chi connectivity index (χ2v) is 9.21. The molecule has 0 radical (unpaired) electrons. The summed E-state index contributed by atoms with van der Waals surface area (Å²) in [6, 6.07) is 4.67. The molecule has 19 heavy (non-hydrogen) atoms. The number of nitrogen functional groups attached to an aromatic ring is 1. The first-order valence-corrected chi connectivity index (χ1v) is 9.27. The molecule has 1 saturated heterocycles. The van der Waals surface area contributed by atoms with Gasteiger partial charge < -0.3 is 5.73 Å². The molecule has 1 aliphatic heterocycles. The number of thioether (sulfide) groups is 1. The molecule has 2 rings (SSSR count). The van der Waals surface area contributed by atoms with Crippen LogP contribution in [0.15, 0.2) is 27.6 Å². The highest BCUT2D eigenvalue weighted by Gasteiger charge is 2.31. The molecule has 0 saturated carbocycles. The summed E-state index contributed by atoms with van der Waals surface area (Å²) >= 11 is 5.08. The van der Waals surface area contributed by atoms with E-state index in [2.05, 4.69) is 27.6 Å². The maximum atomic E-state index is 12.2. The lowest BCUT2D eigenvalue weighted by molar-refractivity contribution is 0.552. The van der Waals surface area contributed by atoms with Crippen molar-refractivity contribution in [3.63, 3.8) is 0 Å². The van der Waals surface area contributed by atoms with Crippen LogP contribution in [0.5, 0.6) is 0 Å². The maximum Gasteiger partial charge on any atom is 0.240 e. The molecule has 1 fully saturated rings. The Morgan fingerprint density at radius 2 is 2.26 bits per heavy atom. The Hall–Kier alpha value is -0.240. The largest absolute Gasteiger partial charge is 0.398 e. The topological polar surface area (TPSA) is 72.2 Å². The monoisotopic (exact) mass is 364 g/mol. The number of benzene rings is 1. The van der Waals surface area contributed by atoms with Gasteiger partial charge in [-0.2, -0.15) is 11.8 Å². The zero-order chi connectivity index (χ0) is 14.1. The third-order valence-electron chi connectivity index (χ3n) is 3.21. The van der Waals surface area contributed by atoms with Crippen LogP contribution in [0.2, 0.25) is 0 Å². The van der Waals surface area contributed by atoms with Crippen LogP contribution in [0.4, 0.5) is 5.69 Å². The Morgan fingerprint density at radius 1 is 1.53 bits per heavy atom. The number of nitrogens with one attached hydrogen (secondary N) is 1.